The highest BCUT2D eigenvalue weighted by molar-refractivity contribution is 6.01. The Morgan fingerprint density at radius 3 is 2.60 bits per heavy atom. The molecule has 0 amide bonds. The van der Waals surface area contributed by atoms with Gasteiger partial charge in [-0.3, -0.25) is 14.4 Å². The van der Waals surface area contributed by atoms with Crippen molar-refractivity contribution in [3.05, 3.63) is 77.4 Å². The lowest BCUT2D eigenvalue weighted by molar-refractivity contribution is -0.181. The predicted octanol–water partition coefficient (Wildman–Crippen LogP) is 6.05. The first kappa shape index (κ1) is 34.0. The molecule has 7 unspecified atom stereocenters. The molecule has 262 valence electrons. The Labute approximate surface area is 290 Å². The molecule has 11 nitrogen and oxygen atoms in total. The summed E-state index contributed by atoms with van der Waals surface area (Å²) in [6.45, 7) is 6.66. The average molecular weight is 683 g/mol. The summed E-state index contributed by atoms with van der Waals surface area (Å²) in [7, 11) is 0. The van der Waals surface area contributed by atoms with Gasteiger partial charge in [0.25, 0.3) is 0 Å². The van der Waals surface area contributed by atoms with Gasteiger partial charge in [0, 0.05) is 30.6 Å². The van der Waals surface area contributed by atoms with E-state index in [1.54, 1.807) is 62.4 Å². The maximum Gasteiger partial charge on any atom is 0.345 e. The smallest absolute Gasteiger partial charge is 0.345 e. The van der Waals surface area contributed by atoms with E-state index in [9.17, 15) is 29.4 Å². The molecule has 3 fully saturated rings. The minimum atomic E-state index is -1.76. The second-order valence-corrected chi connectivity index (χ2v) is 15.3. The van der Waals surface area contributed by atoms with Gasteiger partial charge in [-0.2, -0.15) is 10.2 Å². The minimum absolute atomic E-state index is 0.0117. The van der Waals surface area contributed by atoms with Gasteiger partial charge in [0.1, 0.15) is 16.9 Å². The van der Waals surface area contributed by atoms with Crippen LogP contribution in [0.4, 0.5) is 11.4 Å². The van der Waals surface area contributed by atoms with Gasteiger partial charge in [0.05, 0.1) is 23.9 Å². The molecule has 2 N–H and O–H groups in total. The fraction of sp³-hybridized carbons (Fsp3) is 0.487. The Morgan fingerprint density at radius 1 is 1.02 bits per heavy atom. The normalized spacial score (nSPS) is 33.7. The molecule has 1 aliphatic heterocycles. The van der Waals surface area contributed by atoms with Crippen LogP contribution >= 0.6 is 0 Å². The summed E-state index contributed by atoms with van der Waals surface area (Å²) in [4.78, 5) is 51.3. The summed E-state index contributed by atoms with van der Waals surface area (Å²) >= 11 is 0. The van der Waals surface area contributed by atoms with Crippen molar-refractivity contribution in [2.24, 2.45) is 38.8 Å². The number of ether oxygens (including phenoxy) is 3. The largest absolute Gasteiger partial charge is 0.457 e. The number of carbonyl (C=O) groups is 4. The van der Waals surface area contributed by atoms with E-state index in [-0.39, 0.29) is 48.4 Å². The van der Waals surface area contributed by atoms with Crippen molar-refractivity contribution in [1.29, 1.82) is 0 Å². The molecule has 5 aliphatic rings. The highest BCUT2D eigenvalue weighted by atomic mass is 16.7. The van der Waals surface area contributed by atoms with Crippen molar-refractivity contribution in [2.75, 3.05) is 6.61 Å². The topological polar surface area (TPSA) is 161 Å². The van der Waals surface area contributed by atoms with Crippen LogP contribution in [0.25, 0.3) is 0 Å². The predicted molar refractivity (Wildman–Crippen MR) is 180 cm³/mol. The molecular weight excluding hydrogens is 640 g/mol. The van der Waals surface area contributed by atoms with Gasteiger partial charge in [-0.25, -0.2) is 4.79 Å². The number of fused-ring (bicyclic) bond motifs is 6. The molecule has 2 aromatic rings. The second kappa shape index (κ2) is 12.1. The summed E-state index contributed by atoms with van der Waals surface area (Å²) in [5.41, 5.74) is -0.534. The molecule has 50 heavy (non-hydrogen) atoms. The summed E-state index contributed by atoms with van der Waals surface area (Å²) < 4.78 is 16.4. The van der Waals surface area contributed by atoms with E-state index < -0.39 is 52.7 Å². The van der Waals surface area contributed by atoms with Gasteiger partial charge in [-0.15, -0.1) is 0 Å². The molecule has 11 heteroatoms. The Kier molecular flexibility index (Phi) is 8.22. The van der Waals surface area contributed by atoms with Gasteiger partial charge in [0.15, 0.2) is 12.4 Å². The lowest BCUT2D eigenvalue weighted by Crippen LogP contribution is -2.61. The van der Waals surface area contributed by atoms with E-state index >= 15 is 0 Å². The first-order valence-electron chi connectivity index (χ1n) is 17.2. The monoisotopic (exact) mass is 682 g/mol. The van der Waals surface area contributed by atoms with Crippen LogP contribution < -0.4 is 4.74 Å². The van der Waals surface area contributed by atoms with Crippen LogP contribution in [0.1, 0.15) is 75.7 Å². The highest BCUT2D eigenvalue weighted by Crippen LogP contribution is 2.67. The summed E-state index contributed by atoms with van der Waals surface area (Å²) in [5, 5.41) is 32.2. The number of aliphatic hydroxyl groups excluding tert-OH is 1. The van der Waals surface area contributed by atoms with Gasteiger partial charge in [0.2, 0.25) is 11.6 Å². The molecule has 0 radical (unpaired) electrons. The van der Waals surface area contributed by atoms with Gasteiger partial charge >= 0.3 is 11.9 Å². The fourth-order valence-corrected chi connectivity index (χ4v) is 9.52. The summed E-state index contributed by atoms with van der Waals surface area (Å²) in [5.74, 6) is -2.56. The zero-order valence-corrected chi connectivity index (χ0v) is 28.7. The number of benzene rings is 2. The molecule has 2 aromatic carbocycles. The molecule has 7 rings (SSSR count). The minimum Gasteiger partial charge on any atom is -0.457 e. The number of aliphatic hydroxyl groups is 2. The number of allylic oxidation sites excluding steroid dienone is 4. The van der Waals surface area contributed by atoms with Crippen LogP contribution in [0.15, 0.2) is 76.5 Å². The third-order valence-corrected chi connectivity index (χ3v) is 12.0. The first-order valence-corrected chi connectivity index (χ1v) is 17.2. The van der Waals surface area contributed by atoms with Crippen molar-refractivity contribution in [3.63, 3.8) is 0 Å². The Bertz CT molecular complexity index is 1880. The molecule has 0 aromatic heterocycles. The number of Topliss-reactive ketones (excluding diaryl/α,β-unsaturated/α-hetero) is 1. The third kappa shape index (κ3) is 5.60. The maximum absolute atomic E-state index is 13.7. The number of rotatable bonds is 7. The van der Waals surface area contributed by atoms with Gasteiger partial charge in [-0.1, -0.05) is 43.7 Å². The van der Waals surface area contributed by atoms with Crippen molar-refractivity contribution < 1.29 is 43.6 Å². The highest BCUT2D eigenvalue weighted by Gasteiger charge is 2.68. The van der Waals surface area contributed by atoms with Crippen LogP contribution in [-0.4, -0.2) is 57.8 Å². The van der Waals surface area contributed by atoms with Gasteiger partial charge < -0.3 is 24.4 Å². The second-order valence-electron chi connectivity index (χ2n) is 15.3. The average Bonchev–Trinajstić information content (AvgIpc) is 3.33. The quantitative estimate of drug-likeness (QED) is 0.262. The van der Waals surface area contributed by atoms with E-state index in [0.717, 1.165) is 18.4 Å². The zero-order chi connectivity index (χ0) is 35.6. The van der Waals surface area contributed by atoms with E-state index in [2.05, 4.69) is 17.2 Å². The zero-order valence-electron chi connectivity index (χ0n) is 28.7. The molecule has 1 heterocycles. The van der Waals surface area contributed by atoms with Gasteiger partial charge in [-0.05, 0) is 85.9 Å². The number of ketones is 2. The molecule has 0 saturated heterocycles. The van der Waals surface area contributed by atoms with Crippen LogP contribution in [0.2, 0.25) is 0 Å². The first-order chi connectivity index (χ1) is 23.6. The standard InChI is InChI=1S/C39H42N2O9/c1-36(2)49-31-12-10-24(19-27(31)35(46)50-36)40-41-29-8-6-5-7-22(29)17-33(45)48-21-32(44)39(47)16-14-28-26-11-9-23-18-25(42)13-15-37(23,3)34(26)30(43)20-38(28,39)4/h5-8,10,12-13,15,18-19,26,28,30,34,43,47H,9,11,14,16-17,20-21H2,1-4H3/b41-40+. The number of azo groups is 1. The number of carbonyl (C=O) groups excluding carboxylic acids is 4. The van der Waals surface area contributed by atoms with Crippen molar-refractivity contribution in [1.82, 2.24) is 0 Å². The maximum atomic E-state index is 13.7. The number of esters is 2. The Balaban J connectivity index is 1.01. The van der Waals surface area contributed by atoms with E-state index in [1.807, 2.05) is 13.0 Å². The Morgan fingerprint density at radius 2 is 1.80 bits per heavy atom. The van der Waals surface area contributed by atoms with Crippen molar-refractivity contribution in [2.45, 2.75) is 83.7 Å². The van der Waals surface area contributed by atoms with E-state index in [0.29, 0.717) is 29.1 Å². The number of hydrogen-bond donors (Lipinski definition) is 2. The van der Waals surface area contributed by atoms with Crippen LogP contribution in [0.5, 0.6) is 5.75 Å². The lowest BCUT2D eigenvalue weighted by Gasteiger charge is -2.59. The van der Waals surface area contributed by atoms with Crippen LogP contribution in [0, 0.1) is 28.6 Å². The molecule has 7 atom stereocenters. The number of cyclic esters (lactones) is 1. The summed E-state index contributed by atoms with van der Waals surface area (Å²) in [6.07, 6.45) is 6.82. The third-order valence-electron chi connectivity index (χ3n) is 12.0. The summed E-state index contributed by atoms with van der Waals surface area (Å²) in [6, 6.07) is 11.7. The van der Waals surface area contributed by atoms with Crippen LogP contribution in [0.3, 0.4) is 0 Å². The lowest BCUT2D eigenvalue weighted by atomic mass is 9.46. The van der Waals surface area contributed by atoms with E-state index in [4.69, 9.17) is 14.2 Å². The molecule has 0 spiro atoms. The molecule has 4 aliphatic carbocycles. The molecule has 0 bridgehead atoms. The van der Waals surface area contributed by atoms with E-state index in [1.165, 1.54) is 6.07 Å². The van der Waals surface area contributed by atoms with Crippen LogP contribution in [-0.2, 0) is 30.3 Å². The number of hydrogen-bond acceptors (Lipinski definition) is 11. The molecule has 3 saturated carbocycles. The fourth-order valence-electron chi connectivity index (χ4n) is 9.52. The van der Waals surface area contributed by atoms with Crippen molar-refractivity contribution in [3.8, 4) is 5.75 Å². The van der Waals surface area contributed by atoms with Crippen molar-refractivity contribution >= 4 is 34.9 Å². The molecular formula is C39H42N2O9. The number of nitrogens with zero attached hydrogens (tertiary/aromatic N) is 2. The Hall–Kier alpha value is -4.48. The SMILES string of the molecule is CC1(C)OC(=O)c2cc(/N=N/c3ccccc3CC(=O)OCC(=O)C3(O)CCC4C5CCC6=CC(=O)C=CC6(C)C5C(O)CC43C)ccc2O1.